The van der Waals surface area contributed by atoms with Crippen molar-refractivity contribution in [3.05, 3.63) is 68.3 Å². The van der Waals surface area contributed by atoms with Gasteiger partial charge in [0.1, 0.15) is 51.3 Å². The lowest BCUT2D eigenvalue weighted by molar-refractivity contribution is 0.0509. The van der Waals surface area contributed by atoms with Gasteiger partial charge in [-0.3, -0.25) is 0 Å². The molecule has 0 radical (unpaired) electrons. The summed E-state index contributed by atoms with van der Waals surface area (Å²) in [6, 6.07) is 5.95. The molecule has 6 bridgehead atoms. The van der Waals surface area contributed by atoms with Crippen LogP contribution in [0.4, 0.5) is 0 Å². The molecule has 3 aromatic rings. The summed E-state index contributed by atoms with van der Waals surface area (Å²) < 4.78 is 19.2. The third-order valence-electron chi connectivity index (χ3n) is 16.7. The van der Waals surface area contributed by atoms with Gasteiger partial charge in [-0.15, -0.1) is 0 Å². The van der Waals surface area contributed by atoms with E-state index in [1.807, 2.05) is 18.2 Å². The Morgan fingerprint density at radius 2 is 0.814 bits per heavy atom. The van der Waals surface area contributed by atoms with Gasteiger partial charge in [-0.2, -0.15) is 0 Å². The fraction of sp³-hybridized carbons (Fsp3) is 0.660. The second-order valence-electron chi connectivity index (χ2n) is 21.8. The van der Waals surface area contributed by atoms with Gasteiger partial charge in [0.2, 0.25) is 0 Å². The molecule has 3 aromatic carbocycles. The zero-order valence-electron chi connectivity index (χ0n) is 36.9. The molecule has 3 saturated carbocycles. The largest absolute Gasteiger partial charge is 0.508 e. The Bertz CT molecular complexity index is 2130. The summed E-state index contributed by atoms with van der Waals surface area (Å²) in [5, 5.41) is 31.2. The van der Waals surface area contributed by atoms with Gasteiger partial charge in [0.25, 0.3) is 0 Å². The van der Waals surface area contributed by atoms with E-state index in [2.05, 4.69) is 41.5 Å². The van der Waals surface area contributed by atoms with Crippen molar-refractivity contribution in [2.45, 2.75) is 222 Å². The zero-order valence-corrected chi connectivity index (χ0v) is 36.9. The SMILES string of the molecule is CC1(C)CCc2cc(O)c3c(c2O1)C1CCC3C1.CC1(C)CCc2cc(O)c3c(c2O1)C1CCC3CC1.CCCCC1(C)CCc2cc(O)c3c(c2O1)C1CCC3CC1. The van der Waals surface area contributed by atoms with Crippen molar-refractivity contribution < 1.29 is 29.5 Å². The summed E-state index contributed by atoms with van der Waals surface area (Å²) in [4.78, 5) is 0. The first-order valence-corrected chi connectivity index (χ1v) is 23.9. The predicted octanol–water partition coefficient (Wildman–Crippen LogP) is 13.5. The van der Waals surface area contributed by atoms with Crippen molar-refractivity contribution in [3.8, 4) is 34.5 Å². The maximum atomic E-state index is 10.6. The van der Waals surface area contributed by atoms with Crippen LogP contribution < -0.4 is 14.2 Å². The van der Waals surface area contributed by atoms with E-state index in [0.29, 0.717) is 52.8 Å². The van der Waals surface area contributed by atoms with Gasteiger partial charge < -0.3 is 29.5 Å². The van der Waals surface area contributed by atoms with Gasteiger partial charge in [0.05, 0.1) is 0 Å². The van der Waals surface area contributed by atoms with Crippen LogP contribution in [0.3, 0.4) is 0 Å². The molecule has 0 spiro atoms. The first kappa shape index (κ1) is 39.6. The quantitative estimate of drug-likeness (QED) is 0.244. The Morgan fingerprint density at radius 3 is 1.25 bits per heavy atom. The summed E-state index contributed by atoms with van der Waals surface area (Å²) >= 11 is 0. The number of rotatable bonds is 3. The molecule has 3 fully saturated rings. The molecule has 0 amide bonds. The van der Waals surface area contributed by atoms with Crippen LogP contribution in [-0.4, -0.2) is 32.1 Å². The van der Waals surface area contributed by atoms with Gasteiger partial charge in [-0.05, 0) is 227 Å². The molecule has 3 aliphatic heterocycles. The highest BCUT2D eigenvalue weighted by molar-refractivity contribution is 5.62. The molecular formula is C53H70O6. The first-order valence-electron chi connectivity index (χ1n) is 23.9. The molecule has 3 atom stereocenters. The molecule has 3 N–H and O–H groups in total. The molecule has 3 unspecified atom stereocenters. The predicted molar refractivity (Wildman–Crippen MR) is 234 cm³/mol. The first-order chi connectivity index (χ1) is 28.2. The highest BCUT2D eigenvalue weighted by atomic mass is 16.5. The number of aryl methyl sites for hydroxylation is 3. The van der Waals surface area contributed by atoms with E-state index in [1.165, 1.54) is 134 Å². The second-order valence-corrected chi connectivity index (χ2v) is 21.8. The number of ether oxygens (including phenoxy) is 3. The van der Waals surface area contributed by atoms with Gasteiger partial charge in [-0.25, -0.2) is 0 Å². The summed E-state index contributed by atoms with van der Waals surface area (Å²) in [6.07, 6.45) is 23.7. The molecule has 3 heterocycles. The van der Waals surface area contributed by atoms with E-state index in [9.17, 15) is 15.3 Å². The van der Waals surface area contributed by atoms with E-state index in [1.54, 1.807) is 0 Å². The molecule has 318 valence electrons. The second kappa shape index (κ2) is 14.5. The van der Waals surface area contributed by atoms with Crippen molar-refractivity contribution >= 4 is 0 Å². The molecule has 14 rings (SSSR count). The lowest BCUT2D eigenvalue weighted by Gasteiger charge is -2.44. The fourth-order valence-corrected chi connectivity index (χ4v) is 13.4. The zero-order chi connectivity index (χ0) is 41.0. The number of phenols is 3. The molecule has 8 aliphatic carbocycles. The number of fused-ring (bicyclic) bond motifs is 13. The van der Waals surface area contributed by atoms with Crippen molar-refractivity contribution in [3.63, 3.8) is 0 Å². The maximum Gasteiger partial charge on any atom is 0.127 e. The number of hydrogen-bond donors (Lipinski definition) is 3. The summed E-state index contributed by atoms with van der Waals surface area (Å²) in [5.41, 5.74) is 11.3. The standard InChI is InChI=1S/C20H28O2.C17H22O2.C16H20O2/c1-3-4-10-20(2)11-9-15-12-16(21)17-13-5-7-14(8-6-13)18(17)19(15)22-20;1-17(2)8-7-12-9-13(18)14-10-3-5-11(6-4-10)15(14)16(12)19-17;1-16(2)6-5-11-8-12(17)13-9-3-4-10(7-9)14(13)15(11)18-16/h12-14,21H,3-11H2,1-2H3;9-11,18H,3-8H2,1-2H3;8-10,17H,3-7H2,1-2H3. The minimum atomic E-state index is -0.0611. The van der Waals surface area contributed by atoms with Crippen LogP contribution in [-0.2, 0) is 19.3 Å². The van der Waals surface area contributed by atoms with Gasteiger partial charge in [0, 0.05) is 33.4 Å². The van der Waals surface area contributed by atoms with Crippen molar-refractivity contribution in [2.75, 3.05) is 0 Å². The molecule has 59 heavy (non-hydrogen) atoms. The smallest absolute Gasteiger partial charge is 0.127 e. The van der Waals surface area contributed by atoms with Crippen molar-refractivity contribution in [1.29, 1.82) is 0 Å². The lowest BCUT2D eigenvalue weighted by Crippen LogP contribution is -2.37. The number of phenolic OH excluding ortho intramolecular Hbond substituents is 3. The fourth-order valence-electron chi connectivity index (χ4n) is 13.4. The Balaban J connectivity index is 0.000000107. The number of hydrogen-bond acceptors (Lipinski definition) is 6. The summed E-state index contributed by atoms with van der Waals surface area (Å²) in [7, 11) is 0. The number of aromatic hydroxyl groups is 3. The third kappa shape index (κ3) is 6.89. The number of benzene rings is 3. The Kier molecular flexibility index (Phi) is 9.76. The van der Waals surface area contributed by atoms with Crippen LogP contribution in [0.1, 0.15) is 236 Å². The molecule has 11 aliphatic rings. The summed E-state index contributed by atoms with van der Waals surface area (Å²) in [5.74, 6) is 8.61. The molecule has 0 aromatic heterocycles. The minimum absolute atomic E-state index is 0.00948. The molecule has 6 heteroatoms. The topological polar surface area (TPSA) is 88.4 Å². The minimum Gasteiger partial charge on any atom is -0.508 e. The highest BCUT2D eigenvalue weighted by Gasteiger charge is 2.45. The maximum absolute atomic E-state index is 10.6. The average molecular weight is 803 g/mol. The third-order valence-corrected chi connectivity index (χ3v) is 16.7. The van der Waals surface area contributed by atoms with Gasteiger partial charge >= 0.3 is 0 Å². The van der Waals surface area contributed by atoms with E-state index in [0.717, 1.165) is 62.2 Å². The van der Waals surface area contributed by atoms with E-state index in [-0.39, 0.29) is 16.8 Å². The molecular weight excluding hydrogens is 733 g/mol. The highest BCUT2D eigenvalue weighted by Crippen LogP contribution is 2.61. The van der Waals surface area contributed by atoms with Crippen LogP contribution in [0.5, 0.6) is 34.5 Å². The van der Waals surface area contributed by atoms with Crippen LogP contribution in [0.25, 0.3) is 0 Å². The van der Waals surface area contributed by atoms with Crippen LogP contribution in [0, 0.1) is 0 Å². The molecule has 0 saturated heterocycles. The normalized spacial score (nSPS) is 31.2. The van der Waals surface area contributed by atoms with E-state index < -0.39 is 0 Å². The van der Waals surface area contributed by atoms with Gasteiger partial charge in [-0.1, -0.05) is 13.3 Å². The van der Waals surface area contributed by atoms with Crippen LogP contribution in [0.2, 0.25) is 0 Å². The van der Waals surface area contributed by atoms with Crippen molar-refractivity contribution in [2.24, 2.45) is 0 Å². The van der Waals surface area contributed by atoms with Crippen LogP contribution in [0.15, 0.2) is 18.2 Å². The van der Waals surface area contributed by atoms with E-state index >= 15 is 0 Å². The number of unbranched alkanes of at least 4 members (excludes halogenated alkanes) is 1. The lowest BCUT2D eigenvalue weighted by atomic mass is 9.65. The van der Waals surface area contributed by atoms with Gasteiger partial charge in [0.15, 0.2) is 0 Å². The monoisotopic (exact) mass is 803 g/mol. The van der Waals surface area contributed by atoms with Crippen LogP contribution >= 0.6 is 0 Å². The Morgan fingerprint density at radius 1 is 0.475 bits per heavy atom. The molecule has 6 nitrogen and oxygen atoms in total. The Labute approximate surface area is 353 Å². The summed E-state index contributed by atoms with van der Waals surface area (Å²) in [6.45, 7) is 13.2. The average Bonchev–Trinajstić information content (AvgIpc) is 3.86. The van der Waals surface area contributed by atoms with Crippen molar-refractivity contribution in [1.82, 2.24) is 0 Å². The Hall–Kier alpha value is -3.54. The van der Waals surface area contributed by atoms with E-state index in [4.69, 9.17) is 14.2 Å².